The topological polar surface area (TPSA) is 93.9 Å². The molecule has 1 aromatic heterocycles. The molecule has 32 heavy (non-hydrogen) atoms. The van der Waals surface area contributed by atoms with E-state index >= 15 is 0 Å². The van der Waals surface area contributed by atoms with Gasteiger partial charge in [0.05, 0.1) is 4.90 Å². The van der Waals surface area contributed by atoms with Crippen molar-refractivity contribution in [2.75, 3.05) is 13.6 Å². The van der Waals surface area contributed by atoms with E-state index in [1.165, 1.54) is 25.2 Å². The first-order valence-corrected chi connectivity index (χ1v) is 11.4. The van der Waals surface area contributed by atoms with E-state index in [0.29, 0.717) is 16.5 Å². The number of sulfonamides is 1. The minimum absolute atomic E-state index is 0.000781. The van der Waals surface area contributed by atoms with Crippen LogP contribution in [0.1, 0.15) is 29.5 Å². The maximum absolute atomic E-state index is 13.0. The molecule has 0 aliphatic rings. The second-order valence-electron chi connectivity index (χ2n) is 7.52. The first-order valence-electron chi connectivity index (χ1n) is 10.00. The van der Waals surface area contributed by atoms with Crippen LogP contribution in [0.4, 0.5) is 4.39 Å². The molecular formula is C23H24FNO6S. The van der Waals surface area contributed by atoms with E-state index in [9.17, 15) is 22.4 Å². The molecule has 0 spiro atoms. The van der Waals surface area contributed by atoms with Gasteiger partial charge >= 0.3 is 11.6 Å². The van der Waals surface area contributed by atoms with Gasteiger partial charge in [0, 0.05) is 37.0 Å². The molecule has 0 amide bonds. The zero-order valence-electron chi connectivity index (χ0n) is 18.1. The van der Waals surface area contributed by atoms with Gasteiger partial charge in [-0.3, -0.25) is 4.79 Å². The largest absolute Gasteiger partial charge is 0.461 e. The summed E-state index contributed by atoms with van der Waals surface area (Å²) in [6.07, 6.45) is 0.243. The molecule has 0 unspecified atom stereocenters. The number of rotatable bonds is 8. The standard InChI is InChI=1S/C23H24FNO6S/c1-15-6-11-20-17(13-22(27)31-23(20)16(15)2)14-30-21(26)5-4-12-25(3)32(28,29)19-9-7-18(24)8-10-19/h6-11,13H,4-5,12,14H2,1-3H3. The SMILES string of the molecule is Cc1ccc2c(COC(=O)CCCN(C)S(=O)(=O)c3ccc(F)cc3)cc(=O)oc2c1C. The van der Waals surface area contributed by atoms with Crippen molar-refractivity contribution in [2.45, 2.75) is 38.2 Å². The van der Waals surface area contributed by atoms with Gasteiger partial charge in [0.15, 0.2) is 0 Å². The summed E-state index contributed by atoms with van der Waals surface area (Å²) < 4.78 is 49.7. The highest BCUT2D eigenvalue weighted by molar-refractivity contribution is 7.89. The van der Waals surface area contributed by atoms with E-state index in [0.717, 1.165) is 27.6 Å². The third-order valence-electron chi connectivity index (χ3n) is 5.28. The summed E-state index contributed by atoms with van der Waals surface area (Å²) in [6.45, 7) is 3.76. The van der Waals surface area contributed by atoms with Crippen LogP contribution in [0.5, 0.6) is 0 Å². The molecule has 7 nitrogen and oxygen atoms in total. The molecule has 9 heteroatoms. The second kappa shape index (κ2) is 9.62. The lowest BCUT2D eigenvalue weighted by molar-refractivity contribution is -0.145. The summed E-state index contributed by atoms with van der Waals surface area (Å²) in [4.78, 5) is 24.0. The second-order valence-corrected chi connectivity index (χ2v) is 9.56. The highest BCUT2D eigenvalue weighted by Gasteiger charge is 2.21. The fourth-order valence-corrected chi connectivity index (χ4v) is 4.44. The lowest BCUT2D eigenvalue weighted by Gasteiger charge is -2.17. The Morgan fingerprint density at radius 3 is 2.50 bits per heavy atom. The van der Waals surface area contributed by atoms with E-state index in [2.05, 4.69) is 0 Å². The first kappa shape index (κ1) is 23.6. The van der Waals surface area contributed by atoms with Crippen LogP contribution in [-0.2, 0) is 26.2 Å². The summed E-state index contributed by atoms with van der Waals surface area (Å²) in [5, 5.41) is 0.700. The number of nitrogens with zero attached hydrogens (tertiary/aromatic N) is 1. The molecule has 170 valence electrons. The van der Waals surface area contributed by atoms with Gasteiger partial charge in [-0.1, -0.05) is 12.1 Å². The number of hydrogen-bond donors (Lipinski definition) is 0. The van der Waals surface area contributed by atoms with Crippen molar-refractivity contribution in [3.05, 3.63) is 75.4 Å². The Morgan fingerprint density at radius 2 is 1.81 bits per heavy atom. The van der Waals surface area contributed by atoms with E-state index in [1.54, 1.807) is 0 Å². The van der Waals surface area contributed by atoms with Crippen molar-refractivity contribution >= 4 is 27.0 Å². The van der Waals surface area contributed by atoms with Gasteiger partial charge in [0.2, 0.25) is 10.0 Å². The Bertz CT molecular complexity index is 1300. The number of hydrogen-bond acceptors (Lipinski definition) is 6. The van der Waals surface area contributed by atoms with Crippen LogP contribution < -0.4 is 5.63 Å². The zero-order chi connectivity index (χ0) is 23.5. The third-order valence-corrected chi connectivity index (χ3v) is 7.15. The van der Waals surface area contributed by atoms with Gasteiger partial charge in [-0.2, -0.15) is 0 Å². The summed E-state index contributed by atoms with van der Waals surface area (Å²) in [6, 6.07) is 9.56. The minimum Gasteiger partial charge on any atom is -0.461 e. The van der Waals surface area contributed by atoms with E-state index in [-0.39, 0.29) is 30.9 Å². The Labute approximate surface area is 185 Å². The van der Waals surface area contributed by atoms with Crippen LogP contribution in [0.3, 0.4) is 0 Å². The van der Waals surface area contributed by atoms with Crippen molar-refractivity contribution in [1.29, 1.82) is 0 Å². The van der Waals surface area contributed by atoms with Crippen LogP contribution in [0.15, 0.2) is 56.6 Å². The predicted octanol–water partition coefficient (Wildman–Crippen LogP) is 3.69. The van der Waals surface area contributed by atoms with Gasteiger partial charge in [0.25, 0.3) is 0 Å². The Balaban J connectivity index is 1.57. The predicted molar refractivity (Wildman–Crippen MR) is 117 cm³/mol. The van der Waals surface area contributed by atoms with Gasteiger partial charge in [-0.25, -0.2) is 21.9 Å². The smallest absolute Gasteiger partial charge is 0.336 e. The molecule has 0 bridgehead atoms. The maximum Gasteiger partial charge on any atom is 0.336 e. The van der Waals surface area contributed by atoms with E-state index in [1.807, 2.05) is 26.0 Å². The highest BCUT2D eigenvalue weighted by Crippen LogP contribution is 2.24. The number of halogens is 1. The van der Waals surface area contributed by atoms with Crippen LogP contribution in [0.2, 0.25) is 0 Å². The van der Waals surface area contributed by atoms with Crippen LogP contribution in [-0.4, -0.2) is 32.3 Å². The normalized spacial score (nSPS) is 11.8. The van der Waals surface area contributed by atoms with Crippen molar-refractivity contribution in [3.8, 4) is 0 Å². The number of esters is 1. The minimum atomic E-state index is -3.78. The number of benzene rings is 2. The first-order chi connectivity index (χ1) is 15.1. The summed E-state index contributed by atoms with van der Waals surface area (Å²) >= 11 is 0. The van der Waals surface area contributed by atoms with Crippen molar-refractivity contribution in [2.24, 2.45) is 0 Å². The fraction of sp³-hybridized carbons (Fsp3) is 0.304. The molecule has 3 aromatic rings. The fourth-order valence-electron chi connectivity index (χ4n) is 3.23. The quantitative estimate of drug-likeness (QED) is 0.375. The number of carbonyl (C=O) groups is 1. The Hall–Kier alpha value is -3.04. The van der Waals surface area contributed by atoms with Crippen molar-refractivity contribution in [3.63, 3.8) is 0 Å². The number of aryl methyl sites for hydroxylation is 2. The molecule has 0 saturated carbocycles. The van der Waals surface area contributed by atoms with Crippen LogP contribution in [0, 0.1) is 19.7 Å². The molecular weight excluding hydrogens is 437 g/mol. The number of carbonyl (C=O) groups excluding carboxylic acids is 1. The molecule has 0 atom stereocenters. The summed E-state index contributed by atoms with van der Waals surface area (Å²) in [7, 11) is -2.38. The van der Waals surface area contributed by atoms with E-state index in [4.69, 9.17) is 9.15 Å². The molecule has 3 rings (SSSR count). The molecule has 0 aliphatic carbocycles. The summed E-state index contributed by atoms with van der Waals surface area (Å²) in [5.74, 6) is -1.04. The monoisotopic (exact) mass is 461 g/mol. The lowest BCUT2D eigenvalue weighted by Crippen LogP contribution is -2.28. The molecule has 2 aromatic carbocycles. The van der Waals surface area contributed by atoms with Crippen LogP contribution >= 0.6 is 0 Å². The van der Waals surface area contributed by atoms with Crippen molar-refractivity contribution < 1.29 is 26.8 Å². The number of fused-ring (bicyclic) bond motifs is 1. The van der Waals surface area contributed by atoms with Crippen molar-refractivity contribution in [1.82, 2.24) is 4.31 Å². The molecule has 0 radical (unpaired) electrons. The molecule has 0 fully saturated rings. The highest BCUT2D eigenvalue weighted by atomic mass is 32.2. The van der Waals surface area contributed by atoms with Gasteiger partial charge in [0.1, 0.15) is 18.0 Å². The molecule has 0 saturated heterocycles. The number of ether oxygens (including phenoxy) is 1. The van der Waals surface area contributed by atoms with Crippen LogP contribution in [0.25, 0.3) is 11.0 Å². The Morgan fingerprint density at radius 1 is 1.12 bits per heavy atom. The molecule has 1 heterocycles. The third kappa shape index (κ3) is 5.23. The van der Waals surface area contributed by atoms with Gasteiger partial charge in [-0.05, 0) is 55.7 Å². The average Bonchev–Trinajstić information content (AvgIpc) is 2.75. The van der Waals surface area contributed by atoms with Gasteiger partial charge in [-0.15, -0.1) is 0 Å². The maximum atomic E-state index is 13.0. The van der Waals surface area contributed by atoms with Gasteiger partial charge < -0.3 is 9.15 Å². The molecule has 0 aliphatic heterocycles. The summed E-state index contributed by atoms with van der Waals surface area (Å²) in [5.41, 5.74) is 2.32. The Kier molecular flexibility index (Phi) is 7.10. The average molecular weight is 462 g/mol. The zero-order valence-corrected chi connectivity index (χ0v) is 18.9. The van der Waals surface area contributed by atoms with E-state index < -0.39 is 27.4 Å². The molecule has 0 N–H and O–H groups in total. The lowest BCUT2D eigenvalue weighted by atomic mass is 10.0.